The lowest BCUT2D eigenvalue weighted by molar-refractivity contribution is -0.127. The van der Waals surface area contributed by atoms with Crippen molar-refractivity contribution in [2.24, 2.45) is 23.5 Å². The van der Waals surface area contributed by atoms with E-state index in [9.17, 15) is 9.90 Å². The van der Waals surface area contributed by atoms with E-state index >= 15 is 0 Å². The summed E-state index contributed by atoms with van der Waals surface area (Å²) in [6.07, 6.45) is 4.83. The molecule has 0 aromatic heterocycles. The molecule has 0 spiro atoms. The van der Waals surface area contributed by atoms with Crippen LogP contribution in [0.3, 0.4) is 0 Å². The zero-order valence-electron chi connectivity index (χ0n) is 11.7. The number of hydrogen-bond acceptors (Lipinski definition) is 3. The summed E-state index contributed by atoms with van der Waals surface area (Å²) in [6.45, 7) is 4.96. The largest absolute Gasteiger partial charge is 0.394 e. The molecule has 4 N–H and O–H groups in total. The molecule has 0 aliphatic heterocycles. The highest BCUT2D eigenvalue weighted by Crippen LogP contribution is 2.28. The fourth-order valence-corrected chi connectivity index (χ4v) is 2.73. The Morgan fingerprint density at radius 1 is 1.33 bits per heavy atom. The second-order valence-electron chi connectivity index (χ2n) is 5.97. The number of carbonyl (C=O) groups is 1. The van der Waals surface area contributed by atoms with E-state index in [2.05, 4.69) is 19.2 Å². The Morgan fingerprint density at radius 3 is 2.39 bits per heavy atom. The third-order valence-electron chi connectivity index (χ3n) is 3.87. The van der Waals surface area contributed by atoms with Crippen LogP contribution in [0, 0.1) is 17.8 Å². The van der Waals surface area contributed by atoms with Crippen LogP contribution in [0.2, 0.25) is 0 Å². The van der Waals surface area contributed by atoms with E-state index < -0.39 is 0 Å². The summed E-state index contributed by atoms with van der Waals surface area (Å²) in [5.74, 6) is 1.31. The minimum absolute atomic E-state index is 0.0298. The van der Waals surface area contributed by atoms with Gasteiger partial charge in [-0.1, -0.05) is 13.8 Å². The van der Waals surface area contributed by atoms with Crippen molar-refractivity contribution in [2.75, 3.05) is 13.2 Å². The Balaban J connectivity index is 2.35. The van der Waals surface area contributed by atoms with Gasteiger partial charge in [0.05, 0.1) is 12.6 Å². The average molecular weight is 256 g/mol. The van der Waals surface area contributed by atoms with E-state index in [0.29, 0.717) is 11.8 Å². The smallest absolute Gasteiger partial charge is 0.223 e. The number of aliphatic hydroxyl groups excluding tert-OH is 1. The van der Waals surface area contributed by atoms with Crippen LogP contribution in [0.1, 0.15) is 46.0 Å². The van der Waals surface area contributed by atoms with Crippen LogP contribution < -0.4 is 11.1 Å². The van der Waals surface area contributed by atoms with Gasteiger partial charge in [0.2, 0.25) is 5.91 Å². The summed E-state index contributed by atoms with van der Waals surface area (Å²) < 4.78 is 0. The van der Waals surface area contributed by atoms with Gasteiger partial charge >= 0.3 is 0 Å². The van der Waals surface area contributed by atoms with Crippen molar-refractivity contribution in [1.29, 1.82) is 0 Å². The Bertz CT molecular complexity index is 248. The lowest BCUT2D eigenvalue weighted by Crippen LogP contribution is -2.42. The van der Waals surface area contributed by atoms with Gasteiger partial charge in [-0.25, -0.2) is 0 Å². The number of nitrogens with two attached hydrogens (primary N) is 1. The molecule has 0 aromatic carbocycles. The molecule has 1 aliphatic carbocycles. The van der Waals surface area contributed by atoms with E-state index in [1.165, 1.54) is 0 Å². The quantitative estimate of drug-likeness (QED) is 0.670. The van der Waals surface area contributed by atoms with Crippen LogP contribution >= 0.6 is 0 Å². The van der Waals surface area contributed by atoms with E-state index in [1.54, 1.807) is 0 Å². The van der Waals surface area contributed by atoms with Crippen LogP contribution in [-0.2, 0) is 4.79 Å². The molecule has 0 radical (unpaired) electrons. The maximum absolute atomic E-state index is 12.1. The maximum Gasteiger partial charge on any atom is 0.223 e. The fourth-order valence-electron chi connectivity index (χ4n) is 2.73. The highest BCUT2D eigenvalue weighted by atomic mass is 16.3. The number of nitrogens with one attached hydrogen (secondary N) is 1. The van der Waals surface area contributed by atoms with Crippen LogP contribution in [0.25, 0.3) is 0 Å². The molecule has 18 heavy (non-hydrogen) atoms. The molecular formula is C14H28N2O2. The zero-order chi connectivity index (χ0) is 13.5. The van der Waals surface area contributed by atoms with Gasteiger partial charge in [-0.05, 0) is 50.5 Å². The van der Waals surface area contributed by atoms with Crippen LogP contribution in [-0.4, -0.2) is 30.2 Å². The van der Waals surface area contributed by atoms with Crippen molar-refractivity contribution in [3.05, 3.63) is 0 Å². The normalized spacial score (nSPS) is 26.1. The maximum atomic E-state index is 12.1. The molecular weight excluding hydrogens is 228 g/mol. The lowest BCUT2D eigenvalue weighted by Gasteiger charge is -2.28. The highest BCUT2D eigenvalue weighted by Gasteiger charge is 2.26. The van der Waals surface area contributed by atoms with Crippen LogP contribution in [0.15, 0.2) is 0 Å². The third-order valence-corrected chi connectivity index (χ3v) is 3.87. The van der Waals surface area contributed by atoms with Crippen molar-refractivity contribution in [1.82, 2.24) is 5.32 Å². The first kappa shape index (κ1) is 15.4. The number of rotatable bonds is 6. The molecule has 0 bridgehead atoms. The van der Waals surface area contributed by atoms with Gasteiger partial charge in [-0.15, -0.1) is 0 Å². The zero-order valence-corrected chi connectivity index (χ0v) is 11.7. The molecule has 1 amide bonds. The standard InChI is InChI=1S/C14H28N2O2/c1-10(2)7-13(9-17)16-14(18)12-5-3-11(8-15)4-6-12/h10-13,17H,3-9,15H2,1-2H3,(H,16,18). The summed E-state index contributed by atoms with van der Waals surface area (Å²) in [5.41, 5.74) is 5.65. The predicted molar refractivity (Wildman–Crippen MR) is 73.0 cm³/mol. The first-order valence-electron chi connectivity index (χ1n) is 7.18. The van der Waals surface area contributed by atoms with E-state index in [0.717, 1.165) is 38.6 Å². The molecule has 0 heterocycles. The van der Waals surface area contributed by atoms with Crippen molar-refractivity contribution in [3.8, 4) is 0 Å². The SMILES string of the molecule is CC(C)CC(CO)NC(=O)C1CCC(CN)CC1. The Morgan fingerprint density at radius 2 is 1.94 bits per heavy atom. The van der Waals surface area contributed by atoms with Gasteiger partial charge in [-0.2, -0.15) is 0 Å². The van der Waals surface area contributed by atoms with Crippen molar-refractivity contribution < 1.29 is 9.90 Å². The number of carbonyl (C=O) groups excluding carboxylic acids is 1. The summed E-state index contributed by atoms with van der Waals surface area (Å²) >= 11 is 0. The van der Waals surface area contributed by atoms with E-state index in [4.69, 9.17) is 5.73 Å². The van der Waals surface area contributed by atoms with Crippen molar-refractivity contribution in [3.63, 3.8) is 0 Å². The molecule has 1 atom stereocenters. The van der Waals surface area contributed by atoms with Crippen LogP contribution in [0.5, 0.6) is 0 Å². The van der Waals surface area contributed by atoms with Gasteiger partial charge in [0.25, 0.3) is 0 Å². The van der Waals surface area contributed by atoms with Gasteiger partial charge in [0.15, 0.2) is 0 Å². The molecule has 1 unspecified atom stereocenters. The lowest BCUT2D eigenvalue weighted by atomic mass is 9.81. The van der Waals surface area contributed by atoms with Crippen LogP contribution in [0.4, 0.5) is 0 Å². The van der Waals surface area contributed by atoms with Gasteiger partial charge in [-0.3, -0.25) is 4.79 Å². The topological polar surface area (TPSA) is 75.3 Å². The molecule has 1 fully saturated rings. The summed E-state index contributed by atoms with van der Waals surface area (Å²) in [5, 5.41) is 12.3. The summed E-state index contributed by atoms with van der Waals surface area (Å²) in [7, 11) is 0. The number of hydrogen-bond donors (Lipinski definition) is 3. The fraction of sp³-hybridized carbons (Fsp3) is 0.929. The third kappa shape index (κ3) is 4.94. The average Bonchev–Trinajstić information content (AvgIpc) is 2.37. The Labute approximate surface area is 110 Å². The first-order chi connectivity index (χ1) is 8.56. The van der Waals surface area contributed by atoms with E-state index in [1.807, 2.05) is 0 Å². The minimum atomic E-state index is -0.0928. The number of amides is 1. The second kappa shape index (κ2) is 7.74. The monoisotopic (exact) mass is 256 g/mol. The van der Waals surface area contributed by atoms with Crippen molar-refractivity contribution >= 4 is 5.91 Å². The second-order valence-corrected chi connectivity index (χ2v) is 5.97. The van der Waals surface area contributed by atoms with Crippen molar-refractivity contribution in [2.45, 2.75) is 52.0 Å². The number of aliphatic hydroxyl groups is 1. The Hall–Kier alpha value is -0.610. The molecule has 1 aliphatic rings. The van der Waals surface area contributed by atoms with Gasteiger partial charge in [0, 0.05) is 5.92 Å². The molecule has 1 saturated carbocycles. The summed E-state index contributed by atoms with van der Waals surface area (Å²) in [4.78, 5) is 12.1. The van der Waals surface area contributed by atoms with Gasteiger partial charge < -0.3 is 16.2 Å². The minimum Gasteiger partial charge on any atom is -0.394 e. The first-order valence-corrected chi connectivity index (χ1v) is 7.18. The molecule has 106 valence electrons. The van der Waals surface area contributed by atoms with E-state index in [-0.39, 0.29) is 24.5 Å². The van der Waals surface area contributed by atoms with Gasteiger partial charge in [0.1, 0.15) is 0 Å². The molecule has 4 heteroatoms. The predicted octanol–water partition coefficient (Wildman–Crippen LogP) is 1.27. The molecule has 1 rings (SSSR count). The molecule has 4 nitrogen and oxygen atoms in total. The molecule has 0 aromatic rings. The molecule has 0 saturated heterocycles. The summed E-state index contributed by atoms with van der Waals surface area (Å²) in [6, 6.07) is -0.0928. The Kier molecular flexibility index (Phi) is 6.65. The highest BCUT2D eigenvalue weighted by molar-refractivity contribution is 5.79.